The van der Waals surface area contributed by atoms with Gasteiger partial charge in [0.2, 0.25) is 10.0 Å². The number of methoxy groups -OCH3 is 1. The van der Waals surface area contributed by atoms with Crippen LogP contribution < -0.4 is 14.8 Å². The number of hydrogen-bond donors (Lipinski definition) is 2. The van der Waals surface area contributed by atoms with E-state index in [4.69, 9.17) is 4.74 Å². The van der Waals surface area contributed by atoms with E-state index in [1.807, 2.05) is 30.3 Å². The van der Waals surface area contributed by atoms with E-state index in [1.165, 1.54) is 32.2 Å². The fourth-order valence-corrected chi connectivity index (χ4v) is 6.31. The van der Waals surface area contributed by atoms with Gasteiger partial charge in [-0.1, -0.05) is 54.5 Å². The fraction of sp³-hybridized carbons (Fsp3) is 0.292. The van der Waals surface area contributed by atoms with Crippen LogP contribution in [0.2, 0.25) is 0 Å². The molecule has 1 fully saturated rings. The lowest BCUT2D eigenvalue weighted by atomic mass is 10.1. The molecule has 1 aromatic heterocycles. The molecule has 3 aromatic rings. The second-order valence-corrected chi connectivity index (χ2v) is 10.7. The number of carbonyl (C=O) groups excluding carboxylic acids is 2. The number of carbonyl (C=O) groups is 2. The van der Waals surface area contributed by atoms with Gasteiger partial charge < -0.3 is 4.74 Å². The molecule has 0 atom stereocenters. The number of ketones is 1. The maximum Gasteiger partial charge on any atom is 0.257 e. The van der Waals surface area contributed by atoms with Gasteiger partial charge in [-0.15, -0.1) is 0 Å². The molecular formula is C24H25N3O5S2. The van der Waals surface area contributed by atoms with Gasteiger partial charge in [0.25, 0.3) is 5.91 Å². The molecule has 1 aliphatic carbocycles. The zero-order valence-corrected chi connectivity index (χ0v) is 20.5. The highest BCUT2D eigenvalue weighted by atomic mass is 32.2. The van der Waals surface area contributed by atoms with Gasteiger partial charge in [0, 0.05) is 24.1 Å². The number of rotatable bonds is 8. The van der Waals surface area contributed by atoms with Crippen molar-refractivity contribution in [2.75, 3.05) is 12.4 Å². The van der Waals surface area contributed by atoms with Gasteiger partial charge in [0.15, 0.2) is 10.9 Å². The summed E-state index contributed by atoms with van der Waals surface area (Å²) in [5.74, 6) is -0.544. The lowest BCUT2D eigenvalue weighted by Crippen LogP contribution is -2.33. The number of aromatic nitrogens is 1. The highest BCUT2D eigenvalue weighted by Gasteiger charge is 2.27. The minimum absolute atomic E-state index is 0.0944. The molecule has 1 heterocycles. The number of nitrogens with zero attached hydrogens (tertiary/aromatic N) is 1. The Balaban J connectivity index is 1.61. The van der Waals surface area contributed by atoms with Gasteiger partial charge in [0.05, 0.1) is 17.7 Å². The molecule has 0 bridgehead atoms. The van der Waals surface area contributed by atoms with Crippen molar-refractivity contribution >= 4 is 38.2 Å². The fourth-order valence-electron chi connectivity index (χ4n) is 3.93. The van der Waals surface area contributed by atoms with E-state index < -0.39 is 15.9 Å². The van der Waals surface area contributed by atoms with Crippen LogP contribution >= 0.6 is 11.3 Å². The van der Waals surface area contributed by atoms with E-state index in [1.54, 1.807) is 0 Å². The lowest BCUT2D eigenvalue weighted by Gasteiger charge is -2.15. The molecule has 34 heavy (non-hydrogen) atoms. The topological polar surface area (TPSA) is 114 Å². The van der Waals surface area contributed by atoms with Crippen molar-refractivity contribution in [3.63, 3.8) is 0 Å². The van der Waals surface area contributed by atoms with E-state index in [2.05, 4.69) is 15.0 Å². The third-order valence-corrected chi connectivity index (χ3v) is 8.22. The van der Waals surface area contributed by atoms with Crippen molar-refractivity contribution in [2.45, 2.75) is 43.5 Å². The van der Waals surface area contributed by atoms with Crippen molar-refractivity contribution in [2.24, 2.45) is 0 Å². The molecule has 2 N–H and O–H groups in total. The van der Waals surface area contributed by atoms with E-state index in [0.717, 1.165) is 42.6 Å². The Kier molecular flexibility index (Phi) is 7.11. The van der Waals surface area contributed by atoms with Gasteiger partial charge in [0.1, 0.15) is 10.6 Å². The van der Waals surface area contributed by atoms with E-state index in [9.17, 15) is 18.0 Å². The summed E-state index contributed by atoms with van der Waals surface area (Å²) in [5, 5.41) is 2.94. The normalized spacial score (nSPS) is 14.2. The molecule has 1 amide bonds. The van der Waals surface area contributed by atoms with Crippen LogP contribution in [0.4, 0.5) is 5.13 Å². The van der Waals surface area contributed by atoms with Crippen molar-refractivity contribution < 1.29 is 22.7 Å². The minimum atomic E-state index is -3.88. The maximum atomic E-state index is 13.0. The van der Waals surface area contributed by atoms with Crippen LogP contribution in [0.5, 0.6) is 5.75 Å². The molecule has 2 aromatic carbocycles. The SMILES string of the molecule is COc1ccc(C(=O)Nc2nc(-c3ccccc3)c(C(C)=O)s2)cc1S(=O)(=O)NC1CCCC1. The highest BCUT2D eigenvalue weighted by Crippen LogP contribution is 2.32. The molecule has 0 saturated heterocycles. The summed E-state index contributed by atoms with van der Waals surface area (Å²) in [6.07, 6.45) is 3.53. The van der Waals surface area contributed by atoms with Crippen LogP contribution in [0, 0.1) is 0 Å². The van der Waals surface area contributed by atoms with Crippen molar-refractivity contribution in [1.82, 2.24) is 9.71 Å². The minimum Gasteiger partial charge on any atom is -0.495 e. The van der Waals surface area contributed by atoms with Crippen LogP contribution in [-0.2, 0) is 10.0 Å². The average molecular weight is 500 g/mol. The number of ether oxygens (including phenoxy) is 1. The number of Topliss-reactive ketones (excluding diaryl/α,β-unsaturated/α-hetero) is 1. The number of nitrogens with one attached hydrogen (secondary N) is 2. The predicted molar refractivity (Wildman–Crippen MR) is 131 cm³/mol. The molecule has 1 saturated carbocycles. The first-order valence-electron chi connectivity index (χ1n) is 10.9. The Hall–Kier alpha value is -3.08. The van der Waals surface area contributed by atoms with Crippen LogP contribution in [0.3, 0.4) is 0 Å². The molecule has 0 aliphatic heterocycles. The number of anilines is 1. The average Bonchev–Trinajstić information content (AvgIpc) is 3.49. The third-order valence-electron chi connectivity index (χ3n) is 5.61. The molecule has 4 rings (SSSR count). The van der Waals surface area contributed by atoms with Gasteiger partial charge in [-0.2, -0.15) is 0 Å². The van der Waals surface area contributed by atoms with Crippen molar-refractivity contribution in [3.8, 4) is 17.0 Å². The van der Waals surface area contributed by atoms with E-state index in [-0.39, 0.29) is 33.2 Å². The van der Waals surface area contributed by atoms with Gasteiger partial charge in [-0.3, -0.25) is 14.9 Å². The summed E-state index contributed by atoms with van der Waals surface area (Å²) in [7, 11) is -2.50. The molecule has 8 nitrogen and oxygen atoms in total. The summed E-state index contributed by atoms with van der Waals surface area (Å²) in [4.78, 5) is 29.9. The summed E-state index contributed by atoms with van der Waals surface area (Å²) in [5.41, 5.74) is 1.39. The van der Waals surface area contributed by atoms with Gasteiger partial charge >= 0.3 is 0 Å². The Morgan fingerprint density at radius 2 is 1.79 bits per heavy atom. The molecule has 0 radical (unpaired) electrons. The number of benzene rings is 2. The van der Waals surface area contributed by atoms with Crippen LogP contribution in [-0.4, -0.2) is 38.2 Å². The third kappa shape index (κ3) is 5.19. The summed E-state index contributed by atoms with van der Waals surface area (Å²) < 4.78 is 34.0. The Morgan fingerprint density at radius 3 is 2.44 bits per heavy atom. The quantitative estimate of drug-likeness (QED) is 0.441. The standard InChI is InChI=1S/C24H25N3O5S2/c1-15(28)22-21(16-8-4-3-5-9-16)25-24(33-22)26-23(29)17-12-13-19(32-2)20(14-17)34(30,31)27-18-10-6-7-11-18/h3-5,8-9,12-14,18,27H,6-7,10-11H2,1-2H3,(H,25,26,29). The molecule has 0 spiro atoms. The van der Waals surface area contributed by atoms with Gasteiger partial charge in [-0.25, -0.2) is 18.1 Å². The Bertz CT molecular complexity index is 1310. The number of thiazole rings is 1. The first-order valence-corrected chi connectivity index (χ1v) is 13.2. The maximum absolute atomic E-state index is 13.0. The van der Waals surface area contributed by atoms with Crippen LogP contribution in [0.25, 0.3) is 11.3 Å². The monoisotopic (exact) mass is 499 g/mol. The smallest absolute Gasteiger partial charge is 0.257 e. The van der Waals surface area contributed by atoms with Crippen molar-refractivity contribution in [1.29, 1.82) is 0 Å². The number of amides is 1. The Morgan fingerprint density at radius 1 is 1.09 bits per heavy atom. The summed E-state index contributed by atoms with van der Waals surface area (Å²) in [6.45, 7) is 1.45. The van der Waals surface area contributed by atoms with Crippen LogP contribution in [0.15, 0.2) is 53.4 Å². The second-order valence-electron chi connectivity index (χ2n) is 8.04. The molecule has 1 aliphatic rings. The molecular weight excluding hydrogens is 474 g/mol. The lowest BCUT2D eigenvalue weighted by molar-refractivity contribution is 0.101. The Labute approximate surface area is 202 Å². The first-order chi connectivity index (χ1) is 16.3. The molecule has 178 valence electrons. The molecule has 10 heteroatoms. The summed E-state index contributed by atoms with van der Waals surface area (Å²) >= 11 is 1.08. The molecule has 0 unspecified atom stereocenters. The largest absolute Gasteiger partial charge is 0.495 e. The van der Waals surface area contributed by atoms with E-state index >= 15 is 0 Å². The number of sulfonamides is 1. The first kappa shape index (κ1) is 24.1. The van der Waals surface area contributed by atoms with Crippen molar-refractivity contribution in [3.05, 3.63) is 59.0 Å². The van der Waals surface area contributed by atoms with E-state index in [0.29, 0.717) is 10.6 Å². The summed E-state index contributed by atoms with van der Waals surface area (Å²) in [6, 6.07) is 13.3. The second kappa shape index (κ2) is 10.0. The number of hydrogen-bond acceptors (Lipinski definition) is 7. The van der Waals surface area contributed by atoms with Gasteiger partial charge in [-0.05, 0) is 31.0 Å². The highest BCUT2D eigenvalue weighted by molar-refractivity contribution is 7.89. The van der Waals surface area contributed by atoms with Crippen LogP contribution in [0.1, 0.15) is 52.6 Å². The zero-order valence-electron chi connectivity index (χ0n) is 18.8. The zero-order chi connectivity index (χ0) is 24.3. The predicted octanol–water partition coefficient (Wildman–Crippen LogP) is 4.49.